The van der Waals surface area contributed by atoms with Crippen molar-refractivity contribution in [2.24, 2.45) is 5.92 Å². The number of anilines is 1. The molecule has 1 fully saturated rings. The van der Waals surface area contributed by atoms with Gasteiger partial charge in [0, 0.05) is 10.9 Å². The van der Waals surface area contributed by atoms with E-state index in [0.29, 0.717) is 0 Å². The number of rotatable bonds is 3. The van der Waals surface area contributed by atoms with Crippen LogP contribution in [0.2, 0.25) is 0 Å². The quantitative estimate of drug-likeness (QED) is 0.803. The van der Waals surface area contributed by atoms with Gasteiger partial charge in [0.25, 0.3) is 0 Å². The zero-order valence-corrected chi connectivity index (χ0v) is 9.24. The van der Waals surface area contributed by atoms with Crippen LogP contribution in [0.4, 0.5) is 5.13 Å². The highest BCUT2D eigenvalue weighted by Gasteiger charge is 2.38. The predicted molar refractivity (Wildman–Crippen MR) is 57.3 cm³/mol. The van der Waals surface area contributed by atoms with E-state index in [0.717, 1.165) is 16.7 Å². The van der Waals surface area contributed by atoms with Crippen molar-refractivity contribution in [3.05, 3.63) is 11.1 Å². The molecule has 1 N–H and O–H groups in total. The van der Waals surface area contributed by atoms with Gasteiger partial charge in [0.05, 0.1) is 5.69 Å². The van der Waals surface area contributed by atoms with E-state index < -0.39 is 0 Å². The van der Waals surface area contributed by atoms with Crippen molar-refractivity contribution in [3.8, 4) is 0 Å². The van der Waals surface area contributed by atoms with Gasteiger partial charge in [-0.25, -0.2) is 4.98 Å². The van der Waals surface area contributed by atoms with Gasteiger partial charge in [-0.2, -0.15) is 0 Å². The monoisotopic (exact) mass is 196 g/mol. The molecule has 1 aliphatic rings. The molecule has 0 aromatic carbocycles. The Morgan fingerprint density at radius 3 is 2.69 bits per heavy atom. The van der Waals surface area contributed by atoms with Gasteiger partial charge in [-0.05, 0) is 39.5 Å². The number of aromatic nitrogens is 1. The molecule has 0 bridgehead atoms. The van der Waals surface area contributed by atoms with E-state index >= 15 is 0 Å². The highest BCUT2D eigenvalue weighted by atomic mass is 32.1. The van der Waals surface area contributed by atoms with Crippen molar-refractivity contribution >= 4 is 16.5 Å². The number of nitrogens with zero attached hydrogens (tertiary/aromatic N) is 1. The molecule has 13 heavy (non-hydrogen) atoms. The van der Waals surface area contributed by atoms with Crippen LogP contribution in [-0.2, 0) is 0 Å². The van der Waals surface area contributed by atoms with Crippen LogP contribution in [0.3, 0.4) is 0 Å². The molecule has 0 atom stereocenters. The maximum Gasteiger partial charge on any atom is 0.183 e. The van der Waals surface area contributed by atoms with Gasteiger partial charge in [-0.15, -0.1) is 11.3 Å². The van der Waals surface area contributed by atoms with Crippen molar-refractivity contribution in [3.63, 3.8) is 0 Å². The fourth-order valence-corrected chi connectivity index (χ4v) is 2.45. The minimum atomic E-state index is 0.226. The third-order valence-corrected chi connectivity index (χ3v) is 3.52. The molecule has 1 aromatic rings. The van der Waals surface area contributed by atoms with Crippen LogP contribution in [0.25, 0.3) is 0 Å². The molecule has 0 saturated heterocycles. The molecule has 0 amide bonds. The van der Waals surface area contributed by atoms with Crippen LogP contribution in [0.5, 0.6) is 0 Å². The maximum atomic E-state index is 4.41. The molecule has 1 heterocycles. The standard InChI is InChI=1S/C10H16N2S/c1-7-6-13-9(11-7)12-10(2,3)8-4-5-8/h6,8H,4-5H2,1-3H3,(H,11,12). The van der Waals surface area contributed by atoms with E-state index in [1.54, 1.807) is 11.3 Å². The average Bonchev–Trinajstić information content (AvgIpc) is 2.78. The number of thiazole rings is 1. The molecule has 0 unspecified atom stereocenters. The second-order valence-corrected chi connectivity index (χ2v) is 5.27. The van der Waals surface area contributed by atoms with E-state index in [2.05, 4.69) is 29.5 Å². The molecular weight excluding hydrogens is 180 g/mol. The molecular formula is C10H16N2S. The summed E-state index contributed by atoms with van der Waals surface area (Å²) < 4.78 is 0. The van der Waals surface area contributed by atoms with Gasteiger partial charge >= 0.3 is 0 Å². The van der Waals surface area contributed by atoms with E-state index in [-0.39, 0.29) is 5.54 Å². The number of hydrogen-bond donors (Lipinski definition) is 1. The van der Waals surface area contributed by atoms with Crippen LogP contribution in [0, 0.1) is 12.8 Å². The van der Waals surface area contributed by atoms with Crippen LogP contribution >= 0.6 is 11.3 Å². The summed E-state index contributed by atoms with van der Waals surface area (Å²) in [7, 11) is 0. The Labute approximate surface area is 83.4 Å². The van der Waals surface area contributed by atoms with Crippen LogP contribution in [-0.4, -0.2) is 10.5 Å². The fraction of sp³-hybridized carbons (Fsp3) is 0.700. The molecule has 1 aliphatic carbocycles. The largest absolute Gasteiger partial charge is 0.356 e. The zero-order valence-electron chi connectivity index (χ0n) is 8.42. The van der Waals surface area contributed by atoms with Crippen molar-refractivity contribution < 1.29 is 0 Å². The topological polar surface area (TPSA) is 24.9 Å². The summed E-state index contributed by atoms with van der Waals surface area (Å²) in [5, 5.41) is 6.66. The second kappa shape index (κ2) is 2.98. The average molecular weight is 196 g/mol. The molecule has 1 aromatic heterocycles. The lowest BCUT2D eigenvalue weighted by atomic mass is 9.99. The molecule has 1 saturated carbocycles. The summed E-state index contributed by atoms with van der Waals surface area (Å²) in [6.45, 7) is 6.56. The summed E-state index contributed by atoms with van der Waals surface area (Å²) in [5.74, 6) is 0.844. The van der Waals surface area contributed by atoms with Crippen molar-refractivity contribution in [1.82, 2.24) is 4.98 Å². The van der Waals surface area contributed by atoms with Crippen molar-refractivity contribution in [1.29, 1.82) is 0 Å². The van der Waals surface area contributed by atoms with Crippen LogP contribution in [0.1, 0.15) is 32.4 Å². The van der Waals surface area contributed by atoms with Gasteiger partial charge < -0.3 is 5.32 Å². The van der Waals surface area contributed by atoms with Crippen LogP contribution < -0.4 is 5.32 Å². The summed E-state index contributed by atoms with van der Waals surface area (Å²) in [6.07, 6.45) is 2.73. The Morgan fingerprint density at radius 2 is 2.23 bits per heavy atom. The third-order valence-electron chi connectivity index (χ3n) is 2.65. The highest BCUT2D eigenvalue weighted by Crippen LogP contribution is 2.41. The lowest BCUT2D eigenvalue weighted by molar-refractivity contribution is 0.494. The lowest BCUT2D eigenvalue weighted by Gasteiger charge is -2.25. The smallest absolute Gasteiger partial charge is 0.183 e. The van der Waals surface area contributed by atoms with Gasteiger partial charge in [-0.3, -0.25) is 0 Å². The third kappa shape index (κ3) is 2.02. The maximum absolute atomic E-state index is 4.41. The summed E-state index contributed by atoms with van der Waals surface area (Å²) in [5.41, 5.74) is 1.34. The normalized spacial score (nSPS) is 17.5. The number of nitrogens with one attached hydrogen (secondary N) is 1. The van der Waals surface area contributed by atoms with E-state index in [1.165, 1.54) is 12.8 Å². The first-order chi connectivity index (χ1) is 6.08. The van der Waals surface area contributed by atoms with Crippen molar-refractivity contribution in [2.45, 2.75) is 39.2 Å². The molecule has 72 valence electrons. The first kappa shape index (κ1) is 9.00. The summed E-state index contributed by atoms with van der Waals surface area (Å²) >= 11 is 1.70. The Morgan fingerprint density at radius 1 is 1.54 bits per heavy atom. The highest BCUT2D eigenvalue weighted by molar-refractivity contribution is 7.13. The Balaban J connectivity index is 2.04. The van der Waals surface area contributed by atoms with E-state index in [9.17, 15) is 0 Å². The molecule has 0 radical (unpaired) electrons. The number of aryl methyl sites for hydroxylation is 1. The van der Waals surface area contributed by atoms with E-state index in [4.69, 9.17) is 0 Å². The molecule has 0 aliphatic heterocycles. The molecule has 2 rings (SSSR count). The predicted octanol–water partition coefficient (Wildman–Crippen LogP) is 3.05. The Hall–Kier alpha value is -0.570. The minimum Gasteiger partial charge on any atom is -0.356 e. The van der Waals surface area contributed by atoms with Gasteiger partial charge in [-0.1, -0.05) is 0 Å². The SMILES string of the molecule is Cc1csc(NC(C)(C)C2CC2)n1. The minimum absolute atomic E-state index is 0.226. The van der Waals surface area contributed by atoms with Crippen LogP contribution in [0.15, 0.2) is 5.38 Å². The Bertz CT molecular complexity index is 300. The first-order valence-electron chi connectivity index (χ1n) is 4.78. The summed E-state index contributed by atoms with van der Waals surface area (Å²) in [6, 6.07) is 0. The summed E-state index contributed by atoms with van der Waals surface area (Å²) in [4.78, 5) is 4.41. The van der Waals surface area contributed by atoms with Gasteiger partial charge in [0.2, 0.25) is 0 Å². The second-order valence-electron chi connectivity index (χ2n) is 4.42. The zero-order chi connectivity index (χ0) is 9.47. The van der Waals surface area contributed by atoms with E-state index in [1.807, 2.05) is 6.92 Å². The van der Waals surface area contributed by atoms with Gasteiger partial charge in [0.1, 0.15) is 0 Å². The molecule has 3 heteroatoms. The van der Waals surface area contributed by atoms with Crippen molar-refractivity contribution in [2.75, 3.05) is 5.32 Å². The first-order valence-corrected chi connectivity index (χ1v) is 5.66. The fourth-order valence-electron chi connectivity index (χ4n) is 1.59. The molecule has 2 nitrogen and oxygen atoms in total. The lowest BCUT2D eigenvalue weighted by Crippen LogP contribution is -2.33. The number of hydrogen-bond acceptors (Lipinski definition) is 3. The molecule has 0 spiro atoms. The van der Waals surface area contributed by atoms with Gasteiger partial charge in [0.15, 0.2) is 5.13 Å². The Kier molecular flexibility index (Phi) is 2.06.